The van der Waals surface area contributed by atoms with Crippen LogP contribution in [0.4, 0.5) is 0 Å². The Bertz CT molecular complexity index is 1210. The van der Waals surface area contributed by atoms with Crippen LogP contribution in [0.5, 0.6) is 11.5 Å². The third kappa shape index (κ3) is 6.83. The normalized spacial score (nSPS) is 10.5. The maximum Gasteiger partial charge on any atom is 0.338 e. The number of methoxy groups -OCH3 is 1. The molecule has 0 unspecified atom stereocenters. The molecular formula is C25H28N4O6. The molecule has 0 aliphatic rings. The highest BCUT2D eigenvalue weighted by atomic mass is 16.5. The summed E-state index contributed by atoms with van der Waals surface area (Å²) in [7, 11) is 1.39. The van der Waals surface area contributed by atoms with Crippen LogP contribution in [-0.2, 0) is 27.4 Å². The van der Waals surface area contributed by atoms with E-state index in [9.17, 15) is 14.4 Å². The van der Waals surface area contributed by atoms with Crippen molar-refractivity contribution < 1.29 is 28.6 Å². The highest BCUT2D eigenvalue weighted by Gasteiger charge is 2.16. The molecule has 3 aromatic rings. The Hall–Kier alpha value is -4.34. The first kappa shape index (κ1) is 25.3. The van der Waals surface area contributed by atoms with E-state index in [1.165, 1.54) is 25.3 Å². The van der Waals surface area contributed by atoms with Gasteiger partial charge >= 0.3 is 5.97 Å². The van der Waals surface area contributed by atoms with Gasteiger partial charge in [0.25, 0.3) is 11.8 Å². The molecule has 0 fully saturated rings. The molecule has 1 heterocycles. The Kier molecular flexibility index (Phi) is 8.44. The number of aryl methyl sites for hydroxylation is 1. The van der Waals surface area contributed by atoms with Gasteiger partial charge in [0.15, 0.2) is 24.7 Å². The average Bonchev–Trinajstić information content (AvgIpc) is 3.12. The summed E-state index contributed by atoms with van der Waals surface area (Å²) >= 11 is 0. The van der Waals surface area contributed by atoms with Crippen molar-refractivity contribution in [1.29, 1.82) is 0 Å². The zero-order valence-electron chi connectivity index (χ0n) is 19.9. The lowest BCUT2D eigenvalue weighted by molar-refractivity contribution is -0.124. The Morgan fingerprint density at radius 2 is 1.77 bits per heavy atom. The number of benzene rings is 2. The molecule has 35 heavy (non-hydrogen) atoms. The fourth-order valence-electron chi connectivity index (χ4n) is 3.42. The molecule has 0 bridgehead atoms. The van der Waals surface area contributed by atoms with Crippen LogP contribution in [0, 0.1) is 13.8 Å². The lowest BCUT2D eigenvalue weighted by atomic mass is 10.2. The van der Waals surface area contributed by atoms with E-state index in [-0.39, 0.29) is 30.2 Å². The summed E-state index contributed by atoms with van der Waals surface area (Å²) in [6.07, 6.45) is 0. The van der Waals surface area contributed by atoms with E-state index in [0.29, 0.717) is 6.54 Å². The second-order valence-corrected chi connectivity index (χ2v) is 7.77. The smallest absolute Gasteiger partial charge is 0.338 e. The quantitative estimate of drug-likeness (QED) is 0.400. The molecule has 1 aromatic heterocycles. The molecule has 0 saturated carbocycles. The fraction of sp³-hybridized carbons (Fsp3) is 0.280. The van der Waals surface area contributed by atoms with Crippen molar-refractivity contribution in [1.82, 2.24) is 15.1 Å². The van der Waals surface area contributed by atoms with Crippen molar-refractivity contribution in [2.75, 3.05) is 20.3 Å². The Morgan fingerprint density at radius 1 is 1.03 bits per heavy atom. The average molecular weight is 481 g/mol. The van der Waals surface area contributed by atoms with Crippen LogP contribution in [0.2, 0.25) is 0 Å². The Labute approximate surface area is 203 Å². The maximum atomic E-state index is 12.4. The number of primary amides is 1. The Morgan fingerprint density at radius 3 is 2.46 bits per heavy atom. The molecule has 2 aromatic carbocycles. The highest BCUT2D eigenvalue weighted by molar-refractivity contribution is 5.92. The summed E-state index contributed by atoms with van der Waals surface area (Å²) in [4.78, 5) is 35.6. The molecule has 10 nitrogen and oxygen atoms in total. The van der Waals surface area contributed by atoms with E-state index >= 15 is 0 Å². The van der Waals surface area contributed by atoms with E-state index in [4.69, 9.17) is 19.9 Å². The summed E-state index contributed by atoms with van der Waals surface area (Å²) in [5, 5.41) is 7.34. The molecule has 3 N–H and O–H groups in total. The predicted molar refractivity (Wildman–Crippen MR) is 127 cm³/mol. The zero-order valence-corrected chi connectivity index (χ0v) is 19.9. The molecule has 2 amide bonds. The van der Waals surface area contributed by atoms with E-state index in [1.54, 1.807) is 0 Å². The first-order chi connectivity index (χ1) is 16.8. The first-order valence-electron chi connectivity index (χ1n) is 10.9. The maximum absolute atomic E-state index is 12.4. The molecule has 0 aliphatic heterocycles. The van der Waals surface area contributed by atoms with Gasteiger partial charge in [0, 0.05) is 17.8 Å². The number of nitrogens with one attached hydrogen (secondary N) is 1. The summed E-state index contributed by atoms with van der Waals surface area (Å²) in [5.74, 6) is -1.32. The van der Waals surface area contributed by atoms with Crippen LogP contribution in [0.25, 0.3) is 0 Å². The minimum atomic E-state index is -0.706. The second-order valence-electron chi connectivity index (χ2n) is 7.77. The zero-order chi connectivity index (χ0) is 25.4. The van der Waals surface area contributed by atoms with Crippen LogP contribution in [-0.4, -0.2) is 47.9 Å². The number of hydrogen-bond acceptors (Lipinski definition) is 7. The number of aromatic nitrogens is 2. The molecule has 184 valence electrons. The number of hydrogen-bond donors (Lipinski definition) is 2. The van der Waals surface area contributed by atoms with E-state index < -0.39 is 24.4 Å². The lowest BCUT2D eigenvalue weighted by Crippen LogP contribution is -2.28. The van der Waals surface area contributed by atoms with Crippen LogP contribution in [0.1, 0.15) is 32.9 Å². The van der Waals surface area contributed by atoms with Crippen molar-refractivity contribution in [2.45, 2.75) is 26.9 Å². The van der Waals surface area contributed by atoms with Crippen LogP contribution in [0.15, 0.2) is 48.5 Å². The Balaban J connectivity index is 1.53. The number of nitrogens with zero attached hydrogens (tertiary/aromatic N) is 2. The second kappa shape index (κ2) is 11.7. The van der Waals surface area contributed by atoms with Crippen LogP contribution >= 0.6 is 0 Å². The van der Waals surface area contributed by atoms with E-state index in [2.05, 4.69) is 10.4 Å². The van der Waals surface area contributed by atoms with Gasteiger partial charge in [-0.2, -0.15) is 5.10 Å². The molecule has 10 heteroatoms. The van der Waals surface area contributed by atoms with Crippen molar-refractivity contribution in [2.24, 2.45) is 5.73 Å². The summed E-state index contributed by atoms with van der Waals surface area (Å²) < 4.78 is 17.4. The van der Waals surface area contributed by atoms with Gasteiger partial charge in [-0.1, -0.05) is 30.3 Å². The van der Waals surface area contributed by atoms with Gasteiger partial charge < -0.3 is 25.3 Å². The third-order valence-corrected chi connectivity index (χ3v) is 5.27. The van der Waals surface area contributed by atoms with Crippen molar-refractivity contribution in [3.8, 4) is 11.5 Å². The predicted octanol–water partition coefficient (Wildman–Crippen LogP) is 1.89. The molecule has 0 radical (unpaired) electrons. The highest BCUT2D eigenvalue weighted by Crippen LogP contribution is 2.28. The summed E-state index contributed by atoms with van der Waals surface area (Å²) in [5.41, 5.74) is 9.05. The SMILES string of the molecule is COc1cc(C(=O)OCC(=O)NCc2c(C)nn(Cc3ccccc3)c2C)ccc1OCC(N)=O. The van der Waals surface area contributed by atoms with Gasteiger partial charge in [-0.05, 0) is 37.6 Å². The molecule has 0 atom stereocenters. The fourth-order valence-corrected chi connectivity index (χ4v) is 3.42. The molecule has 0 aliphatic carbocycles. The molecule has 3 rings (SSSR count). The number of rotatable bonds is 11. The van der Waals surface area contributed by atoms with Gasteiger partial charge in [-0.25, -0.2) is 4.79 Å². The van der Waals surface area contributed by atoms with Crippen LogP contribution < -0.4 is 20.5 Å². The van der Waals surface area contributed by atoms with Gasteiger partial charge in [0.2, 0.25) is 0 Å². The van der Waals surface area contributed by atoms with Gasteiger partial charge in [0.05, 0.1) is 24.9 Å². The van der Waals surface area contributed by atoms with Gasteiger partial charge in [0.1, 0.15) is 0 Å². The number of amides is 2. The largest absolute Gasteiger partial charge is 0.493 e. The summed E-state index contributed by atoms with van der Waals surface area (Å²) in [6, 6.07) is 14.3. The van der Waals surface area contributed by atoms with E-state index in [1.807, 2.05) is 48.9 Å². The summed E-state index contributed by atoms with van der Waals surface area (Å²) in [6.45, 7) is 3.97. The minimum Gasteiger partial charge on any atom is -0.493 e. The first-order valence-corrected chi connectivity index (χ1v) is 10.9. The minimum absolute atomic E-state index is 0.162. The topological polar surface area (TPSA) is 135 Å². The molecule has 0 saturated heterocycles. The number of esters is 1. The number of carbonyl (C=O) groups is 3. The number of ether oxygens (including phenoxy) is 3. The number of nitrogens with two attached hydrogens (primary N) is 1. The third-order valence-electron chi connectivity index (χ3n) is 5.27. The number of carbonyl (C=O) groups excluding carboxylic acids is 3. The molecular weight excluding hydrogens is 452 g/mol. The van der Waals surface area contributed by atoms with Gasteiger partial charge in [-0.3, -0.25) is 14.3 Å². The van der Waals surface area contributed by atoms with Crippen molar-refractivity contribution in [3.05, 3.63) is 76.6 Å². The van der Waals surface area contributed by atoms with Crippen molar-refractivity contribution in [3.63, 3.8) is 0 Å². The monoisotopic (exact) mass is 480 g/mol. The van der Waals surface area contributed by atoms with Gasteiger partial charge in [-0.15, -0.1) is 0 Å². The van der Waals surface area contributed by atoms with E-state index in [0.717, 1.165) is 22.5 Å². The lowest BCUT2D eigenvalue weighted by Gasteiger charge is -2.11. The van der Waals surface area contributed by atoms with Crippen LogP contribution in [0.3, 0.4) is 0 Å². The molecule has 0 spiro atoms. The standard InChI is InChI=1S/C25H28N4O6/c1-16-20(17(2)29(28-16)13-18-7-5-4-6-8-18)12-27-24(31)15-35-25(32)19-9-10-21(22(11-19)33-3)34-14-23(26)30/h4-11H,12-15H2,1-3H3,(H2,26,30)(H,27,31). The van der Waals surface area contributed by atoms with Crippen molar-refractivity contribution >= 4 is 17.8 Å².